The van der Waals surface area contributed by atoms with Crippen molar-refractivity contribution in [2.75, 3.05) is 26.7 Å². The normalized spacial score (nSPS) is 19.4. The Balaban J connectivity index is 0.00000192. The molecule has 23 heavy (non-hydrogen) atoms. The number of likely N-dealkylation sites (N-methyl/N-ethyl adjacent to an activating group) is 1. The smallest absolute Gasteiger partial charge is 0.250 e. The second-order valence-corrected chi connectivity index (χ2v) is 7.94. The minimum atomic E-state index is -3.52. The quantitative estimate of drug-likeness (QED) is 0.784. The van der Waals surface area contributed by atoms with E-state index in [0.717, 1.165) is 31.0 Å². The highest BCUT2D eigenvalue weighted by molar-refractivity contribution is 7.91. The van der Waals surface area contributed by atoms with Gasteiger partial charge >= 0.3 is 0 Å². The van der Waals surface area contributed by atoms with Gasteiger partial charge in [-0.25, -0.2) is 13.1 Å². The molecule has 3 rings (SSSR count). The number of halogens is 1. The highest BCUT2D eigenvalue weighted by Crippen LogP contribution is 2.18. The Hall–Kier alpha value is -1.04. The van der Waals surface area contributed by atoms with Crippen molar-refractivity contribution in [3.8, 4) is 0 Å². The molecule has 0 bridgehead atoms. The van der Waals surface area contributed by atoms with Crippen molar-refractivity contribution in [1.29, 1.82) is 0 Å². The number of hydrogen-bond donors (Lipinski definition) is 2. The Kier molecular flexibility index (Phi) is 6.12. The maximum absolute atomic E-state index is 12.0. The second kappa shape index (κ2) is 7.69. The monoisotopic (exact) mass is 379 g/mol. The summed E-state index contributed by atoms with van der Waals surface area (Å²) in [5.74, 6) is 0.828. The van der Waals surface area contributed by atoms with Crippen LogP contribution in [0.5, 0.6) is 0 Å². The van der Waals surface area contributed by atoms with Gasteiger partial charge in [0.05, 0.1) is 12.6 Å². The molecule has 2 aromatic heterocycles. The number of nitrogens with zero attached hydrogens (tertiary/aromatic N) is 3. The summed E-state index contributed by atoms with van der Waals surface area (Å²) < 4.78 is 31.9. The molecule has 0 radical (unpaired) electrons. The average molecular weight is 380 g/mol. The van der Waals surface area contributed by atoms with Crippen LogP contribution in [0.1, 0.15) is 17.8 Å². The lowest BCUT2D eigenvalue weighted by atomic mass is 10.2. The molecule has 128 valence electrons. The SMILES string of the molecule is CN1CCNCC1c1noc(CNS(=O)(=O)c2cccs2)n1.Cl. The highest BCUT2D eigenvalue weighted by atomic mass is 35.5. The summed E-state index contributed by atoms with van der Waals surface area (Å²) in [6, 6.07) is 3.28. The molecule has 1 fully saturated rings. The summed E-state index contributed by atoms with van der Waals surface area (Å²) in [6.45, 7) is 2.56. The Labute approximate surface area is 144 Å². The maximum atomic E-state index is 12.0. The van der Waals surface area contributed by atoms with Crippen molar-refractivity contribution in [3.63, 3.8) is 0 Å². The van der Waals surface area contributed by atoms with E-state index in [2.05, 4.69) is 25.1 Å². The van der Waals surface area contributed by atoms with Crippen LogP contribution in [0.4, 0.5) is 0 Å². The molecule has 1 aliphatic rings. The van der Waals surface area contributed by atoms with Crippen LogP contribution in [0.2, 0.25) is 0 Å². The topological polar surface area (TPSA) is 100 Å². The van der Waals surface area contributed by atoms with Crippen LogP contribution in [0.3, 0.4) is 0 Å². The molecular weight excluding hydrogens is 362 g/mol. The van der Waals surface area contributed by atoms with E-state index in [9.17, 15) is 8.42 Å². The first-order valence-electron chi connectivity index (χ1n) is 6.83. The van der Waals surface area contributed by atoms with Gasteiger partial charge in [-0.2, -0.15) is 4.98 Å². The fourth-order valence-electron chi connectivity index (χ4n) is 2.21. The molecule has 1 unspecified atom stereocenters. The third-order valence-corrected chi connectivity index (χ3v) is 6.26. The zero-order valence-corrected chi connectivity index (χ0v) is 14.9. The first-order chi connectivity index (χ1) is 10.6. The van der Waals surface area contributed by atoms with Gasteiger partial charge in [-0.1, -0.05) is 11.2 Å². The lowest BCUT2D eigenvalue weighted by Gasteiger charge is -2.30. The Morgan fingerprint density at radius 1 is 1.57 bits per heavy atom. The van der Waals surface area contributed by atoms with Gasteiger partial charge in [0.25, 0.3) is 10.0 Å². The predicted octanol–water partition coefficient (Wildman–Crippen LogP) is 0.607. The molecule has 0 spiro atoms. The number of sulfonamides is 1. The van der Waals surface area contributed by atoms with E-state index >= 15 is 0 Å². The summed E-state index contributed by atoms with van der Waals surface area (Å²) in [5, 5.41) is 8.94. The van der Waals surface area contributed by atoms with E-state index < -0.39 is 10.0 Å². The van der Waals surface area contributed by atoms with Gasteiger partial charge < -0.3 is 9.84 Å². The summed E-state index contributed by atoms with van der Waals surface area (Å²) in [6.07, 6.45) is 0. The molecule has 1 atom stereocenters. The lowest BCUT2D eigenvalue weighted by molar-refractivity contribution is 0.190. The third kappa shape index (κ3) is 4.28. The van der Waals surface area contributed by atoms with Crippen LogP contribution in [-0.2, 0) is 16.6 Å². The number of hydrogen-bond acceptors (Lipinski definition) is 8. The van der Waals surface area contributed by atoms with Crippen molar-refractivity contribution < 1.29 is 12.9 Å². The molecule has 8 nitrogen and oxygen atoms in total. The Bertz CT molecular complexity index is 719. The summed E-state index contributed by atoms with van der Waals surface area (Å²) in [7, 11) is -1.52. The molecule has 2 aromatic rings. The maximum Gasteiger partial charge on any atom is 0.250 e. The molecule has 0 aromatic carbocycles. The number of aromatic nitrogens is 2. The third-order valence-electron chi connectivity index (χ3n) is 3.47. The largest absolute Gasteiger partial charge is 0.338 e. The zero-order valence-electron chi connectivity index (χ0n) is 12.4. The van der Waals surface area contributed by atoms with E-state index in [1.165, 1.54) is 0 Å². The fourth-order valence-corrected chi connectivity index (χ4v) is 4.23. The van der Waals surface area contributed by atoms with Gasteiger partial charge in [-0.3, -0.25) is 4.90 Å². The molecule has 11 heteroatoms. The molecule has 0 saturated carbocycles. The van der Waals surface area contributed by atoms with E-state index in [1.807, 2.05) is 7.05 Å². The van der Waals surface area contributed by atoms with Crippen LogP contribution in [-0.4, -0.2) is 50.1 Å². The van der Waals surface area contributed by atoms with E-state index in [-0.39, 0.29) is 35.1 Å². The summed E-state index contributed by atoms with van der Waals surface area (Å²) >= 11 is 1.16. The van der Waals surface area contributed by atoms with Crippen LogP contribution in [0.25, 0.3) is 0 Å². The van der Waals surface area contributed by atoms with Gasteiger partial charge in [0, 0.05) is 19.6 Å². The summed E-state index contributed by atoms with van der Waals surface area (Å²) in [5.41, 5.74) is 0. The molecule has 0 aliphatic carbocycles. The first kappa shape index (κ1) is 18.3. The zero-order chi connectivity index (χ0) is 15.6. The molecule has 2 N–H and O–H groups in total. The van der Waals surface area contributed by atoms with E-state index in [1.54, 1.807) is 17.5 Å². The molecule has 0 amide bonds. The lowest BCUT2D eigenvalue weighted by Crippen LogP contribution is -2.44. The standard InChI is InChI=1S/C12H17N5O3S2.ClH/c1-17-5-4-13-7-9(17)12-15-10(20-16-12)8-14-22(18,19)11-3-2-6-21-11;/h2-3,6,9,13-14H,4-5,7-8H2,1H3;1H. The summed E-state index contributed by atoms with van der Waals surface area (Å²) in [4.78, 5) is 6.43. The Morgan fingerprint density at radius 2 is 2.39 bits per heavy atom. The minimum Gasteiger partial charge on any atom is -0.338 e. The van der Waals surface area contributed by atoms with Crippen LogP contribution < -0.4 is 10.0 Å². The minimum absolute atomic E-state index is 0. The number of rotatable bonds is 5. The van der Waals surface area contributed by atoms with E-state index in [0.29, 0.717) is 5.82 Å². The van der Waals surface area contributed by atoms with Crippen molar-refractivity contribution >= 4 is 33.8 Å². The molecule has 1 aliphatic heterocycles. The van der Waals surface area contributed by atoms with Crippen LogP contribution in [0, 0.1) is 0 Å². The highest BCUT2D eigenvalue weighted by Gasteiger charge is 2.25. The van der Waals surface area contributed by atoms with Crippen molar-refractivity contribution in [3.05, 3.63) is 29.2 Å². The number of nitrogens with one attached hydrogen (secondary N) is 2. The van der Waals surface area contributed by atoms with Gasteiger partial charge in [-0.15, -0.1) is 23.7 Å². The van der Waals surface area contributed by atoms with Gasteiger partial charge in [0.15, 0.2) is 5.82 Å². The fraction of sp³-hybridized carbons (Fsp3) is 0.500. The second-order valence-electron chi connectivity index (χ2n) is 5.00. The van der Waals surface area contributed by atoms with E-state index in [4.69, 9.17) is 4.52 Å². The number of thiophene rings is 1. The van der Waals surface area contributed by atoms with Gasteiger partial charge in [-0.05, 0) is 18.5 Å². The molecule has 1 saturated heterocycles. The van der Waals surface area contributed by atoms with Crippen molar-refractivity contribution in [1.82, 2.24) is 25.1 Å². The average Bonchev–Trinajstić information content (AvgIpc) is 3.18. The molecular formula is C12H18ClN5O3S2. The predicted molar refractivity (Wildman–Crippen MR) is 88.1 cm³/mol. The first-order valence-corrected chi connectivity index (χ1v) is 9.19. The van der Waals surface area contributed by atoms with Crippen molar-refractivity contribution in [2.45, 2.75) is 16.8 Å². The number of piperazine rings is 1. The van der Waals surface area contributed by atoms with Crippen LogP contribution >= 0.6 is 23.7 Å². The van der Waals surface area contributed by atoms with Gasteiger partial charge in [0.1, 0.15) is 4.21 Å². The van der Waals surface area contributed by atoms with Crippen molar-refractivity contribution in [2.24, 2.45) is 0 Å². The molecule has 3 heterocycles. The van der Waals surface area contributed by atoms with Crippen LogP contribution in [0.15, 0.2) is 26.2 Å². The van der Waals surface area contributed by atoms with Gasteiger partial charge in [0.2, 0.25) is 5.89 Å². The Morgan fingerprint density at radius 3 is 3.09 bits per heavy atom.